The molecule has 0 bridgehead atoms. The molecule has 130 valence electrons. The summed E-state index contributed by atoms with van der Waals surface area (Å²) < 4.78 is 12.2. The predicted octanol–water partition coefficient (Wildman–Crippen LogP) is 4.47. The van der Waals surface area contributed by atoms with Crippen molar-refractivity contribution in [3.8, 4) is 0 Å². The van der Waals surface area contributed by atoms with Crippen LogP contribution in [0.15, 0.2) is 29.7 Å². The van der Waals surface area contributed by atoms with E-state index in [1.807, 2.05) is 71.9 Å². The fraction of sp³-hybridized carbons (Fsp3) is 0.526. The molecule has 3 nitrogen and oxygen atoms in total. The highest BCUT2D eigenvalue weighted by atomic mass is 32.1. The Bertz CT molecular complexity index is 617. The topological polar surface area (TPSA) is 35.5 Å². The molecular weight excluding hydrogens is 319 g/mol. The van der Waals surface area contributed by atoms with Crippen molar-refractivity contribution in [1.29, 1.82) is 0 Å². The molecule has 0 radical (unpaired) electrons. The van der Waals surface area contributed by atoms with Crippen LogP contribution < -0.4 is 0 Å². The number of rotatable bonds is 5. The van der Waals surface area contributed by atoms with Gasteiger partial charge in [0.1, 0.15) is 0 Å². The molecule has 0 aromatic heterocycles. The molecule has 1 aliphatic heterocycles. The Kier molecular flexibility index (Phi) is 5.68. The minimum atomic E-state index is -0.399. The van der Waals surface area contributed by atoms with Gasteiger partial charge in [0.2, 0.25) is 0 Å². The fourth-order valence-electron chi connectivity index (χ4n) is 2.47. The summed E-state index contributed by atoms with van der Waals surface area (Å²) >= 11 is 4.43. The molecule has 1 aromatic carbocycles. The van der Waals surface area contributed by atoms with Crippen molar-refractivity contribution in [2.75, 3.05) is 5.75 Å². The van der Waals surface area contributed by atoms with Crippen LogP contribution in [0.1, 0.15) is 57.5 Å². The molecule has 1 heterocycles. The van der Waals surface area contributed by atoms with E-state index >= 15 is 0 Å². The monoisotopic (exact) mass is 346 g/mol. The summed E-state index contributed by atoms with van der Waals surface area (Å²) in [5.41, 5.74) is 1.99. The molecule has 0 saturated carbocycles. The van der Waals surface area contributed by atoms with E-state index in [9.17, 15) is 4.79 Å². The zero-order valence-electron chi connectivity index (χ0n) is 15.4. The van der Waals surface area contributed by atoms with Crippen LogP contribution in [0.25, 0.3) is 6.08 Å². The van der Waals surface area contributed by atoms with Gasteiger partial charge in [-0.15, -0.1) is 0 Å². The van der Waals surface area contributed by atoms with E-state index in [2.05, 4.69) is 12.6 Å². The third-order valence-corrected chi connectivity index (χ3v) is 5.18. The molecule has 5 heteroatoms. The highest BCUT2D eigenvalue weighted by Gasteiger charge is 2.52. The van der Waals surface area contributed by atoms with Crippen molar-refractivity contribution >= 4 is 31.6 Å². The molecule has 1 fully saturated rings. The number of Topliss-reactive ketones (excluding diaryl/α,β-unsaturated/α-hetero) is 1. The molecule has 24 heavy (non-hydrogen) atoms. The third kappa shape index (κ3) is 3.96. The Morgan fingerprint density at radius 1 is 1.12 bits per heavy atom. The fourth-order valence-corrected chi connectivity index (χ4v) is 2.71. The number of ketones is 1. The van der Waals surface area contributed by atoms with E-state index in [-0.39, 0.29) is 22.9 Å². The standard InChI is InChI=1S/C19H27BO3S/c1-13(2)17(21)15-9-7-14(8-10-15)11-16(12-24)20-22-18(3,4)19(5,6)23-20/h7-11,13,24H,12H2,1-6H3. The van der Waals surface area contributed by atoms with Crippen molar-refractivity contribution < 1.29 is 14.1 Å². The van der Waals surface area contributed by atoms with Crippen LogP contribution in [0, 0.1) is 5.92 Å². The van der Waals surface area contributed by atoms with Gasteiger partial charge in [0.15, 0.2) is 5.78 Å². The largest absolute Gasteiger partial charge is 0.491 e. The van der Waals surface area contributed by atoms with Gasteiger partial charge in [0.05, 0.1) is 11.2 Å². The lowest BCUT2D eigenvalue weighted by Crippen LogP contribution is -2.41. The first kappa shape index (κ1) is 19.3. The number of carbonyl (C=O) groups is 1. The molecule has 0 atom stereocenters. The highest BCUT2D eigenvalue weighted by Crippen LogP contribution is 2.39. The van der Waals surface area contributed by atoms with Crippen LogP contribution in [-0.2, 0) is 9.31 Å². The van der Waals surface area contributed by atoms with E-state index in [4.69, 9.17) is 9.31 Å². The number of hydrogen-bond acceptors (Lipinski definition) is 4. The first-order valence-corrected chi connectivity index (χ1v) is 9.02. The lowest BCUT2D eigenvalue weighted by molar-refractivity contribution is 0.00578. The molecule has 0 aliphatic carbocycles. The van der Waals surface area contributed by atoms with Gasteiger partial charge in [-0.1, -0.05) is 44.2 Å². The Morgan fingerprint density at radius 3 is 2.04 bits per heavy atom. The zero-order chi connectivity index (χ0) is 18.1. The van der Waals surface area contributed by atoms with Crippen molar-refractivity contribution in [2.45, 2.75) is 52.7 Å². The quantitative estimate of drug-likeness (QED) is 0.485. The molecule has 0 spiro atoms. The van der Waals surface area contributed by atoms with E-state index in [1.54, 1.807) is 0 Å². The second-order valence-corrected chi connectivity index (χ2v) is 7.92. The Labute approximate surface area is 151 Å². The summed E-state index contributed by atoms with van der Waals surface area (Å²) in [5.74, 6) is 0.707. The first-order chi connectivity index (χ1) is 11.1. The number of hydrogen-bond donors (Lipinski definition) is 1. The molecule has 0 unspecified atom stereocenters. The van der Waals surface area contributed by atoms with Gasteiger partial charge in [-0.05, 0) is 38.7 Å². The summed E-state index contributed by atoms with van der Waals surface area (Å²) in [6.45, 7) is 12.0. The van der Waals surface area contributed by atoms with Gasteiger partial charge < -0.3 is 9.31 Å². The van der Waals surface area contributed by atoms with Gasteiger partial charge in [0, 0.05) is 17.2 Å². The van der Waals surface area contributed by atoms with E-state index in [1.165, 1.54) is 0 Å². The molecule has 2 rings (SSSR count). The van der Waals surface area contributed by atoms with Crippen molar-refractivity contribution in [2.24, 2.45) is 5.92 Å². The minimum absolute atomic E-state index is 0.00384. The van der Waals surface area contributed by atoms with Crippen molar-refractivity contribution in [1.82, 2.24) is 0 Å². The predicted molar refractivity (Wildman–Crippen MR) is 104 cm³/mol. The second-order valence-electron chi connectivity index (χ2n) is 7.61. The molecule has 1 aliphatic rings. The summed E-state index contributed by atoms with van der Waals surface area (Å²) in [6.07, 6.45) is 2.03. The van der Waals surface area contributed by atoms with Crippen LogP contribution in [0.2, 0.25) is 0 Å². The van der Waals surface area contributed by atoms with Crippen LogP contribution in [-0.4, -0.2) is 29.9 Å². The minimum Gasteiger partial charge on any atom is -0.400 e. The first-order valence-electron chi connectivity index (χ1n) is 8.38. The molecule has 1 saturated heterocycles. The number of benzene rings is 1. The SMILES string of the molecule is CC(C)C(=O)c1ccc(C=C(CS)B2OC(C)(C)C(C)(C)O2)cc1. The van der Waals surface area contributed by atoms with Gasteiger partial charge >= 0.3 is 7.12 Å². The Hall–Kier alpha value is -1.04. The number of thiol groups is 1. The van der Waals surface area contributed by atoms with E-state index in [0.717, 1.165) is 16.6 Å². The second kappa shape index (κ2) is 7.07. The van der Waals surface area contributed by atoms with E-state index in [0.29, 0.717) is 5.75 Å². The van der Waals surface area contributed by atoms with Gasteiger partial charge in [-0.2, -0.15) is 12.6 Å². The summed E-state index contributed by atoms with van der Waals surface area (Å²) in [4.78, 5) is 12.0. The van der Waals surface area contributed by atoms with Crippen molar-refractivity contribution in [3.63, 3.8) is 0 Å². The Morgan fingerprint density at radius 2 is 1.62 bits per heavy atom. The highest BCUT2D eigenvalue weighted by molar-refractivity contribution is 7.80. The summed E-state index contributed by atoms with van der Waals surface area (Å²) in [7, 11) is -0.399. The Balaban J connectivity index is 2.21. The van der Waals surface area contributed by atoms with Crippen LogP contribution >= 0.6 is 12.6 Å². The van der Waals surface area contributed by atoms with Crippen LogP contribution in [0.4, 0.5) is 0 Å². The smallest absolute Gasteiger partial charge is 0.400 e. The maximum absolute atomic E-state index is 12.0. The van der Waals surface area contributed by atoms with Gasteiger partial charge in [-0.3, -0.25) is 4.79 Å². The summed E-state index contributed by atoms with van der Waals surface area (Å²) in [6, 6.07) is 7.64. The molecule has 1 aromatic rings. The molecular formula is C19H27BO3S. The average molecular weight is 346 g/mol. The lowest BCUT2D eigenvalue weighted by Gasteiger charge is -2.32. The van der Waals surface area contributed by atoms with E-state index < -0.39 is 7.12 Å². The maximum atomic E-state index is 12.0. The molecule has 0 amide bonds. The maximum Gasteiger partial charge on any atom is 0.491 e. The lowest BCUT2D eigenvalue weighted by atomic mass is 9.78. The third-order valence-electron chi connectivity index (χ3n) is 4.81. The summed E-state index contributed by atoms with van der Waals surface area (Å²) in [5, 5.41) is 0. The van der Waals surface area contributed by atoms with Gasteiger partial charge in [0.25, 0.3) is 0 Å². The van der Waals surface area contributed by atoms with Gasteiger partial charge in [-0.25, -0.2) is 0 Å². The molecule has 0 N–H and O–H groups in total. The van der Waals surface area contributed by atoms with Crippen LogP contribution in [0.5, 0.6) is 0 Å². The number of carbonyl (C=O) groups excluding carboxylic acids is 1. The zero-order valence-corrected chi connectivity index (χ0v) is 16.3. The average Bonchev–Trinajstić information content (AvgIpc) is 2.72. The normalized spacial score (nSPS) is 19.8. The van der Waals surface area contributed by atoms with Crippen LogP contribution in [0.3, 0.4) is 0 Å². The van der Waals surface area contributed by atoms with Crippen molar-refractivity contribution in [3.05, 3.63) is 40.9 Å².